The summed E-state index contributed by atoms with van der Waals surface area (Å²) in [4.78, 5) is 7.12. The summed E-state index contributed by atoms with van der Waals surface area (Å²) in [5.41, 5.74) is 0.745. The maximum atomic E-state index is 12.1. The minimum atomic E-state index is -4.66. The molecule has 0 atom stereocenters. The summed E-state index contributed by atoms with van der Waals surface area (Å²) >= 11 is 0. The Labute approximate surface area is 120 Å². The van der Waals surface area contributed by atoms with Gasteiger partial charge >= 0.3 is 6.36 Å². The van der Waals surface area contributed by atoms with Crippen molar-refractivity contribution in [2.45, 2.75) is 25.7 Å². The maximum absolute atomic E-state index is 12.1. The first kappa shape index (κ1) is 15.4. The van der Waals surface area contributed by atoms with E-state index >= 15 is 0 Å². The van der Waals surface area contributed by atoms with Crippen LogP contribution in [0.5, 0.6) is 5.75 Å². The SMILES string of the molecule is FC(F)(F)Oc1cccc(CNCCCc2ncc[nH]2)c1. The van der Waals surface area contributed by atoms with Crippen LogP contribution < -0.4 is 10.1 Å². The zero-order chi connectivity index (χ0) is 15.1. The van der Waals surface area contributed by atoms with Crippen molar-refractivity contribution in [1.82, 2.24) is 15.3 Å². The van der Waals surface area contributed by atoms with Crippen LogP contribution in [0.2, 0.25) is 0 Å². The van der Waals surface area contributed by atoms with E-state index in [1.807, 2.05) is 0 Å². The summed E-state index contributed by atoms with van der Waals surface area (Å²) in [6.45, 7) is 1.25. The van der Waals surface area contributed by atoms with Crippen molar-refractivity contribution in [1.29, 1.82) is 0 Å². The summed E-state index contributed by atoms with van der Waals surface area (Å²) in [5.74, 6) is 0.731. The Morgan fingerprint density at radius 1 is 1.29 bits per heavy atom. The molecule has 114 valence electrons. The van der Waals surface area contributed by atoms with E-state index in [1.54, 1.807) is 24.5 Å². The first-order chi connectivity index (χ1) is 10.0. The number of alkyl halides is 3. The smallest absolute Gasteiger partial charge is 0.406 e. The van der Waals surface area contributed by atoms with Crippen molar-refractivity contribution in [3.8, 4) is 5.75 Å². The normalized spacial score (nSPS) is 11.6. The quantitative estimate of drug-likeness (QED) is 0.773. The molecule has 0 aliphatic rings. The molecule has 1 heterocycles. The molecule has 2 aromatic rings. The van der Waals surface area contributed by atoms with Crippen LogP contribution >= 0.6 is 0 Å². The molecule has 0 fully saturated rings. The lowest BCUT2D eigenvalue weighted by Gasteiger charge is -2.10. The van der Waals surface area contributed by atoms with Gasteiger partial charge in [0.05, 0.1) is 0 Å². The third-order valence-electron chi connectivity index (χ3n) is 2.78. The van der Waals surface area contributed by atoms with Gasteiger partial charge in [-0.25, -0.2) is 4.98 Å². The molecule has 2 rings (SSSR count). The lowest BCUT2D eigenvalue weighted by atomic mass is 10.2. The van der Waals surface area contributed by atoms with Crippen molar-refractivity contribution in [2.24, 2.45) is 0 Å². The highest BCUT2D eigenvalue weighted by molar-refractivity contribution is 5.28. The fourth-order valence-corrected chi connectivity index (χ4v) is 1.90. The number of hydrogen-bond acceptors (Lipinski definition) is 3. The summed E-state index contributed by atoms with van der Waals surface area (Å²) in [6, 6.07) is 5.96. The van der Waals surface area contributed by atoms with E-state index in [4.69, 9.17) is 0 Å². The van der Waals surface area contributed by atoms with Crippen LogP contribution in [-0.2, 0) is 13.0 Å². The number of nitrogens with one attached hydrogen (secondary N) is 2. The fraction of sp³-hybridized carbons (Fsp3) is 0.357. The number of hydrogen-bond donors (Lipinski definition) is 2. The number of H-pyrrole nitrogens is 1. The third kappa shape index (κ3) is 5.86. The van der Waals surface area contributed by atoms with Crippen molar-refractivity contribution < 1.29 is 17.9 Å². The van der Waals surface area contributed by atoms with Gasteiger partial charge in [-0.15, -0.1) is 13.2 Å². The second kappa shape index (κ2) is 7.12. The second-order valence-electron chi connectivity index (χ2n) is 4.51. The molecule has 0 unspecified atom stereocenters. The fourth-order valence-electron chi connectivity index (χ4n) is 1.90. The molecule has 0 spiro atoms. The van der Waals surface area contributed by atoms with Gasteiger partial charge in [0, 0.05) is 25.4 Å². The van der Waals surface area contributed by atoms with Crippen LogP contribution in [0.3, 0.4) is 0 Å². The Morgan fingerprint density at radius 2 is 2.14 bits per heavy atom. The number of aromatic amines is 1. The first-order valence-corrected chi connectivity index (χ1v) is 6.56. The van der Waals surface area contributed by atoms with Crippen LogP contribution in [0.15, 0.2) is 36.7 Å². The van der Waals surface area contributed by atoms with Crippen LogP contribution in [0.1, 0.15) is 17.8 Å². The highest BCUT2D eigenvalue weighted by Crippen LogP contribution is 2.23. The van der Waals surface area contributed by atoms with Crippen molar-refractivity contribution >= 4 is 0 Å². The van der Waals surface area contributed by atoms with E-state index in [2.05, 4.69) is 20.0 Å². The molecule has 2 N–H and O–H groups in total. The first-order valence-electron chi connectivity index (χ1n) is 6.56. The molecule has 7 heteroatoms. The summed E-state index contributed by atoms with van der Waals surface area (Å²) in [5, 5.41) is 3.18. The molecule has 0 saturated carbocycles. The van der Waals surface area contributed by atoms with Gasteiger partial charge in [0.25, 0.3) is 0 Å². The summed E-state index contributed by atoms with van der Waals surface area (Å²) in [6.07, 6.45) is 0.544. The largest absolute Gasteiger partial charge is 0.573 e. The van der Waals surface area contributed by atoms with Gasteiger partial charge in [-0.05, 0) is 30.7 Å². The van der Waals surface area contributed by atoms with E-state index < -0.39 is 6.36 Å². The van der Waals surface area contributed by atoms with Gasteiger partial charge in [-0.2, -0.15) is 0 Å². The minimum Gasteiger partial charge on any atom is -0.406 e. The van der Waals surface area contributed by atoms with E-state index in [0.717, 1.165) is 30.8 Å². The van der Waals surface area contributed by atoms with Gasteiger partial charge in [-0.3, -0.25) is 0 Å². The molecule has 0 radical (unpaired) electrons. The Morgan fingerprint density at radius 3 is 2.86 bits per heavy atom. The van der Waals surface area contributed by atoms with Crippen molar-refractivity contribution in [2.75, 3.05) is 6.54 Å². The number of halogens is 3. The molecule has 0 amide bonds. The standard InChI is InChI=1S/C14H16F3N3O/c15-14(16,17)21-12-4-1-3-11(9-12)10-18-6-2-5-13-19-7-8-20-13/h1,3-4,7-9,18H,2,5-6,10H2,(H,19,20). The molecular weight excluding hydrogens is 283 g/mol. The third-order valence-corrected chi connectivity index (χ3v) is 2.78. The Hall–Kier alpha value is -2.02. The number of benzene rings is 1. The van der Waals surface area contributed by atoms with E-state index in [0.29, 0.717) is 6.54 Å². The minimum absolute atomic E-state index is 0.197. The molecular formula is C14H16F3N3O. The van der Waals surface area contributed by atoms with Gasteiger partial charge in [0.15, 0.2) is 0 Å². The van der Waals surface area contributed by atoms with E-state index in [9.17, 15) is 13.2 Å². The molecule has 4 nitrogen and oxygen atoms in total. The number of imidazole rings is 1. The molecule has 1 aromatic carbocycles. The van der Waals surface area contributed by atoms with Crippen LogP contribution in [-0.4, -0.2) is 22.9 Å². The van der Waals surface area contributed by atoms with Gasteiger partial charge in [0.1, 0.15) is 11.6 Å². The maximum Gasteiger partial charge on any atom is 0.573 e. The zero-order valence-corrected chi connectivity index (χ0v) is 11.3. The van der Waals surface area contributed by atoms with Crippen LogP contribution in [0.25, 0.3) is 0 Å². The molecule has 0 bridgehead atoms. The highest BCUT2D eigenvalue weighted by Gasteiger charge is 2.31. The number of rotatable bonds is 7. The number of aromatic nitrogens is 2. The Balaban J connectivity index is 1.71. The topological polar surface area (TPSA) is 49.9 Å². The highest BCUT2D eigenvalue weighted by atomic mass is 19.4. The predicted molar refractivity (Wildman–Crippen MR) is 71.7 cm³/mol. The van der Waals surface area contributed by atoms with Crippen LogP contribution in [0, 0.1) is 0 Å². The predicted octanol–water partition coefficient (Wildman–Crippen LogP) is 3.03. The number of ether oxygens (including phenoxy) is 1. The Bertz CT molecular complexity index is 541. The van der Waals surface area contributed by atoms with E-state index in [-0.39, 0.29) is 5.75 Å². The molecule has 21 heavy (non-hydrogen) atoms. The zero-order valence-electron chi connectivity index (χ0n) is 11.3. The average Bonchev–Trinajstić information content (AvgIpc) is 2.90. The number of aryl methyl sites for hydroxylation is 1. The van der Waals surface area contributed by atoms with Crippen molar-refractivity contribution in [3.63, 3.8) is 0 Å². The van der Waals surface area contributed by atoms with Gasteiger partial charge in [-0.1, -0.05) is 12.1 Å². The second-order valence-corrected chi connectivity index (χ2v) is 4.51. The van der Waals surface area contributed by atoms with Gasteiger partial charge in [0.2, 0.25) is 0 Å². The van der Waals surface area contributed by atoms with Gasteiger partial charge < -0.3 is 15.0 Å². The van der Waals surface area contributed by atoms with Crippen molar-refractivity contribution in [3.05, 3.63) is 48.0 Å². The molecule has 0 saturated heterocycles. The summed E-state index contributed by atoms with van der Waals surface area (Å²) in [7, 11) is 0. The summed E-state index contributed by atoms with van der Waals surface area (Å²) < 4.78 is 40.2. The van der Waals surface area contributed by atoms with E-state index in [1.165, 1.54) is 12.1 Å². The molecule has 0 aliphatic heterocycles. The number of nitrogens with zero attached hydrogens (tertiary/aromatic N) is 1. The molecule has 0 aliphatic carbocycles. The lowest BCUT2D eigenvalue weighted by molar-refractivity contribution is -0.274. The Kier molecular flexibility index (Phi) is 5.21. The molecule has 1 aromatic heterocycles. The average molecular weight is 299 g/mol. The monoisotopic (exact) mass is 299 g/mol. The van der Waals surface area contributed by atoms with Crippen LogP contribution in [0.4, 0.5) is 13.2 Å². The lowest BCUT2D eigenvalue weighted by Crippen LogP contribution is -2.18.